The van der Waals surface area contributed by atoms with Crippen LogP contribution in [-0.2, 0) is 11.2 Å². The molecule has 4 rings (SSSR count). The quantitative estimate of drug-likeness (QED) is 0.849. The van der Waals surface area contributed by atoms with E-state index in [-0.39, 0.29) is 5.91 Å². The predicted octanol–water partition coefficient (Wildman–Crippen LogP) is 3.92. The Morgan fingerprint density at radius 1 is 1.12 bits per heavy atom. The van der Waals surface area contributed by atoms with E-state index in [4.69, 9.17) is 0 Å². The topological polar surface area (TPSA) is 65.8 Å². The molecule has 0 saturated carbocycles. The van der Waals surface area contributed by atoms with Gasteiger partial charge in [-0.3, -0.25) is 10.2 Å². The van der Waals surface area contributed by atoms with Gasteiger partial charge in [0, 0.05) is 17.9 Å². The third-order valence-electron chi connectivity index (χ3n) is 4.54. The van der Waals surface area contributed by atoms with E-state index in [0.717, 1.165) is 45.6 Å². The number of benzene rings is 2. The Morgan fingerprint density at radius 3 is 2.77 bits per heavy atom. The van der Waals surface area contributed by atoms with Gasteiger partial charge in [0.2, 0.25) is 5.91 Å². The number of carbonyl (C=O) groups is 1. The van der Waals surface area contributed by atoms with Crippen LogP contribution in [0.1, 0.15) is 28.7 Å². The van der Waals surface area contributed by atoms with E-state index in [1.54, 1.807) is 11.8 Å². The lowest BCUT2D eigenvalue weighted by molar-refractivity contribution is -0.116. The normalized spacial score (nSPS) is 18.0. The fourth-order valence-corrected chi connectivity index (χ4v) is 3.90. The monoisotopic (exact) mass is 364 g/mol. The van der Waals surface area contributed by atoms with Gasteiger partial charge in [-0.05, 0) is 55.2 Å². The van der Waals surface area contributed by atoms with Crippen molar-refractivity contribution < 1.29 is 4.79 Å². The number of nitrogens with zero attached hydrogens (tertiary/aromatic N) is 2. The number of carbonyl (C=O) groups excluding carboxylic acids is 1. The second-order valence-corrected chi connectivity index (χ2v) is 7.55. The van der Waals surface area contributed by atoms with Crippen molar-refractivity contribution in [1.82, 2.24) is 5.43 Å². The molecule has 0 bridgehead atoms. The summed E-state index contributed by atoms with van der Waals surface area (Å²) >= 11 is 1.65. The summed E-state index contributed by atoms with van der Waals surface area (Å²) in [6.45, 7) is 4.15. The molecule has 2 heterocycles. The zero-order valence-electron chi connectivity index (χ0n) is 14.8. The third-order valence-corrected chi connectivity index (χ3v) is 5.41. The molecule has 0 atom stereocenters. The number of hydrogen-bond acceptors (Lipinski definition) is 4. The Labute approximate surface area is 157 Å². The molecular formula is C20H20N4OS. The van der Waals surface area contributed by atoms with Crippen molar-refractivity contribution in [2.75, 3.05) is 11.1 Å². The maximum Gasteiger partial charge on any atom is 0.224 e. The van der Waals surface area contributed by atoms with Gasteiger partial charge in [0.05, 0.1) is 11.4 Å². The largest absolute Gasteiger partial charge is 0.326 e. The number of anilines is 1. The van der Waals surface area contributed by atoms with Crippen molar-refractivity contribution in [3.63, 3.8) is 0 Å². The van der Waals surface area contributed by atoms with Crippen LogP contribution in [0.4, 0.5) is 11.4 Å². The molecule has 26 heavy (non-hydrogen) atoms. The lowest BCUT2D eigenvalue weighted by Gasteiger charge is -2.19. The van der Waals surface area contributed by atoms with Crippen molar-refractivity contribution in [3.8, 4) is 0 Å². The first-order valence-electron chi connectivity index (χ1n) is 8.63. The Balaban J connectivity index is 1.53. The smallest absolute Gasteiger partial charge is 0.224 e. The summed E-state index contributed by atoms with van der Waals surface area (Å²) in [6.07, 6.45) is 1.32. The molecule has 2 aliphatic heterocycles. The van der Waals surface area contributed by atoms with Crippen LogP contribution < -0.4 is 10.7 Å². The second kappa shape index (κ2) is 6.96. The molecule has 0 spiro atoms. The highest BCUT2D eigenvalue weighted by molar-refractivity contribution is 8.14. The van der Waals surface area contributed by atoms with E-state index < -0.39 is 0 Å². The summed E-state index contributed by atoms with van der Waals surface area (Å²) < 4.78 is 0. The lowest BCUT2D eigenvalue weighted by atomic mass is 9.99. The Bertz CT molecular complexity index is 949. The van der Waals surface area contributed by atoms with Crippen LogP contribution >= 0.6 is 11.8 Å². The molecule has 0 fully saturated rings. The third kappa shape index (κ3) is 3.51. The van der Waals surface area contributed by atoms with Crippen LogP contribution in [0.3, 0.4) is 0 Å². The van der Waals surface area contributed by atoms with Crippen molar-refractivity contribution in [1.29, 1.82) is 0 Å². The zero-order valence-corrected chi connectivity index (χ0v) is 15.6. The van der Waals surface area contributed by atoms with Gasteiger partial charge >= 0.3 is 0 Å². The molecule has 0 aliphatic carbocycles. The van der Waals surface area contributed by atoms with E-state index in [1.165, 1.54) is 11.1 Å². The minimum Gasteiger partial charge on any atom is -0.326 e. The van der Waals surface area contributed by atoms with Gasteiger partial charge in [0.15, 0.2) is 5.17 Å². The molecule has 0 unspecified atom stereocenters. The Morgan fingerprint density at radius 2 is 2.00 bits per heavy atom. The average molecular weight is 364 g/mol. The molecule has 6 heteroatoms. The molecule has 2 N–H and O–H groups in total. The van der Waals surface area contributed by atoms with Crippen molar-refractivity contribution in [2.24, 2.45) is 10.1 Å². The highest BCUT2D eigenvalue weighted by Crippen LogP contribution is 2.26. The highest BCUT2D eigenvalue weighted by atomic mass is 32.2. The number of hydrazone groups is 1. The molecule has 2 aromatic carbocycles. The predicted molar refractivity (Wildman–Crippen MR) is 109 cm³/mol. The minimum absolute atomic E-state index is 0.0877. The standard InChI is InChI=1S/C20H20N4OS/c1-12-3-6-16(13(2)9-12)22-20-24-23-18(11-26-20)15-4-7-17-14(10-15)5-8-19(25)21-17/h3-4,6-7,9-10H,5,8,11H2,1-2H3,(H,21,25)(H,22,24). The van der Waals surface area contributed by atoms with Crippen LogP contribution in [0, 0.1) is 13.8 Å². The van der Waals surface area contributed by atoms with E-state index >= 15 is 0 Å². The Hall–Kier alpha value is -2.60. The molecule has 2 aliphatic rings. The maximum absolute atomic E-state index is 11.5. The molecule has 1 amide bonds. The van der Waals surface area contributed by atoms with Gasteiger partial charge in [-0.2, -0.15) is 5.10 Å². The summed E-state index contributed by atoms with van der Waals surface area (Å²) in [5.41, 5.74) is 10.6. The number of rotatable bonds is 2. The molecule has 0 aromatic heterocycles. The average Bonchev–Trinajstić information content (AvgIpc) is 2.64. The lowest BCUT2D eigenvalue weighted by Crippen LogP contribution is -2.25. The van der Waals surface area contributed by atoms with Crippen LogP contribution in [0.5, 0.6) is 0 Å². The van der Waals surface area contributed by atoms with Crippen LogP contribution in [0.25, 0.3) is 0 Å². The molecule has 0 radical (unpaired) electrons. The van der Waals surface area contributed by atoms with E-state index in [9.17, 15) is 4.79 Å². The van der Waals surface area contributed by atoms with Crippen LogP contribution in [0.15, 0.2) is 46.5 Å². The second-order valence-electron chi connectivity index (χ2n) is 6.59. The number of fused-ring (bicyclic) bond motifs is 1. The van der Waals surface area contributed by atoms with Crippen LogP contribution in [-0.4, -0.2) is 22.5 Å². The van der Waals surface area contributed by atoms with Crippen LogP contribution in [0.2, 0.25) is 0 Å². The number of amidine groups is 1. The minimum atomic E-state index is 0.0877. The SMILES string of the molecule is Cc1ccc(N=C2NN=C(c3ccc4c(c3)CCC(=O)N4)CS2)c(C)c1. The summed E-state index contributed by atoms with van der Waals surface area (Å²) in [4.78, 5) is 16.2. The molecule has 132 valence electrons. The molecule has 2 aromatic rings. The molecular weight excluding hydrogens is 344 g/mol. The number of hydrogen-bond donors (Lipinski definition) is 2. The number of nitrogens with one attached hydrogen (secondary N) is 2. The molecule has 0 saturated heterocycles. The van der Waals surface area contributed by atoms with Gasteiger partial charge in [0.25, 0.3) is 0 Å². The van der Waals surface area contributed by atoms with E-state index in [0.29, 0.717) is 6.42 Å². The van der Waals surface area contributed by atoms with Crippen molar-refractivity contribution >= 4 is 39.9 Å². The van der Waals surface area contributed by atoms with Gasteiger partial charge in [-0.15, -0.1) is 0 Å². The first-order chi connectivity index (χ1) is 12.6. The van der Waals surface area contributed by atoms with Gasteiger partial charge < -0.3 is 5.32 Å². The highest BCUT2D eigenvalue weighted by Gasteiger charge is 2.18. The summed E-state index contributed by atoms with van der Waals surface area (Å²) in [6, 6.07) is 12.3. The van der Waals surface area contributed by atoms with Gasteiger partial charge in [-0.1, -0.05) is 35.5 Å². The first kappa shape index (κ1) is 16.8. The number of amides is 1. The number of aryl methyl sites for hydroxylation is 3. The zero-order chi connectivity index (χ0) is 18.1. The van der Waals surface area contributed by atoms with Gasteiger partial charge in [0.1, 0.15) is 0 Å². The maximum atomic E-state index is 11.5. The Kier molecular flexibility index (Phi) is 4.51. The summed E-state index contributed by atoms with van der Waals surface area (Å²) in [7, 11) is 0. The summed E-state index contributed by atoms with van der Waals surface area (Å²) in [5, 5.41) is 8.24. The summed E-state index contributed by atoms with van der Waals surface area (Å²) in [5.74, 6) is 0.853. The fourth-order valence-electron chi connectivity index (χ4n) is 3.12. The fraction of sp³-hybridized carbons (Fsp3) is 0.250. The molecule has 5 nitrogen and oxygen atoms in total. The first-order valence-corrected chi connectivity index (χ1v) is 9.61. The van der Waals surface area contributed by atoms with E-state index in [1.807, 2.05) is 18.2 Å². The number of aliphatic imine (C=N–C) groups is 1. The van der Waals surface area contributed by atoms with Crippen molar-refractivity contribution in [2.45, 2.75) is 26.7 Å². The van der Waals surface area contributed by atoms with E-state index in [2.05, 4.69) is 52.9 Å². The number of thioether (sulfide) groups is 1. The van der Waals surface area contributed by atoms with Crippen molar-refractivity contribution in [3.05, 3.63) is 58.7 Å². The van der Waals surface area contributed by atoms with Gasteiger partial charge in [-0.25, -0.2) is 4.99 Å².